The van der Waals surface area contributed by atoms with Crippen LogP contribution in [0.25, 0.3) is 11.1 Å². The van der Waals surface area contributed by atoms with E-state index in [4.69, 9.17) is 14.3 Å². The maximum absolute atomic E-state index is 14.9. The van der Waals surface area contributed by atoms with Crippen LogP contribution in [0.1, 0.15) is 66.2 Å². The van der Waals surface area contributed by atoms with Gasteiger partial charge in [0.25, 0.3) is 0 Å². The third-order valence-electron chi connectivity index (χ3n) is 7.31. The number of ether oxygens (including phenoxy) is 2. The molecule has 1 fully saturated rings. The molecule has 0 saturated carbocycles. The summed E-state index contributed by atoms with van der Waals surface area (Å²) < 4.78 is 149. The van der Waals surface area contributed by atoms with Crippen molar-refractivity contribution >= 4 is 22.6 Å². The van der Waals surface area contributed by atoms with Crippen LogP contribution in [0.3, 0.4) is 0 Å². The van der Waals surface area contributed by atoms with Crippen LogP contribution < -0.4 is 4.74 Å². The zero-order valence-corrected chi connectivity index (χ0v) is 26.2. The van der Waals surface area contributed by atoms with Gasteiger partial charge in [-0.3, -0.25) is 4.84 Å². The normalized spacial score (nSPS) is 18.5. The Morgan fingerprint density at radius 2 is 1.42 bits per heavy atom. The highest BCUT2D eigenvalue weighted by Gasteiger charge is 2.40. The molecule has 15 heteroatoms. The molecule has 246 valence electrons. The lowest BCUT2D eigenvalue weighted by Gasteiger charge is -2.39. The summed E-state index contributed by atoms with van der Waals surface area (Å²) in [7, 11) is 1.27. The fourth-order valence-corrected chi connectivity index (χ4v) is 6.03. The van der Waals surface area contributed by atoms with E-state index in [1.165, 1.54) is 20.1 Å². The van der Waals surface area contributed by atoms with Gasteiger partial charge < -0.3 is 9.47 Å². The molecule has 4 rings (SSSR count). The lowest BCUT2D eigenvalue weighted by molar-refractivity contribution is -0.320. The number of benzene rings is 3. The molecule has 3 aromatic rings. The second-order valence-corrected chi connectivity index (χ2v) is 11.9. The van der Waals surface area contributed by atoms with Gasteiger partial charge in [0.2, 0.25) is 0 Å². The van der Waals surface area contributed by atoms with E-state index in [2.05, 4.69) is 0 Å². The first-order valence-electron chi connectivity index (χ1n) is 13.3. The Morgan fingerprint density at radius 3 is 1.93 bits per heavy atom. The first-order valence-corrected chi connectivity index (χ1v) is 14.4. The zero-order valence-electron chi connectivity index (χ0n) is 24.0. The van der Waals surface area contributed by atoms with Gasteiger partial charge >= 0.3 is 18.5 Å². The Balaban J connectivity index is 1.85. The summed E-state index contributed by atoms with van der Waals surface area (Å²) in [5, 5.41) is 1.06. The number of hydroxylamine groups is 2. The Morgan fingerprint density at radius 1 is 0.867 bits per heavy atom. The lowest BCUT2D eigenvalue weighted by Crippen LogP contribution is -2.43. The van der Waals surface area contributed by atoms with Crippen molar-refractivity contribution in [2.75, 3.05) is 13.9 Å². The molecule has 0 radical (unpaired) electrons. The first kappa shape index (κ1) is 35.2. The Hall–Kier alpha value is -2.63. The van der Waals surface area contributed by atoms with Crippen LogP contribution in [0.4, 0.5) is 43.9 Å². The summed E-state index contributed by atoms with van der Waals surface area (Å²) in [6.45, 7) is 3.74. The molecule has 3 aromatic carbocycles. The molecule has 1 saturated heterocycles. The number of alkyl halides is 9. The summed E-state index contributed by atoms with van der Waals surface area (Å²) in [5.41, 5.74) is -3.75. The van der Waals surface area contributed by atoms with E-state index in [0.29, 0.717) is 12.1 Å². The zero-order chi connectivity index (χ0) is 33.6. The Bertz CT molecular complexity index is 1520. The maximum Gasteiger partial charge on any atom is 0.416 e. The summed E-state index contributed by atoms with van der Waals surface area (Å²) in [5.74, 6) is -0.876. The van der Waals surface area contributed by atoms with Gasteiger partial charge in [0, 0.05) is 27.3 Å². The molecule has 0 spiro atoms. The molecule has 4 nitrogen and oxygen atoms in total. The second-order valence-electron chi connectivity index (χ2n) is 10.7. The molecule has 1 heterocycles. The topological polar surface area (TPSA) is 30.9 Å². The molecule has 0 bridgehead atoms. The molecule has 1 aliphatic heterocycles. The highest BCUT2D eigenvalue weighted by molar-refractivity contribution is 14.1. The molecular formula is C30H26F10INO3. The van der Waals surface area contributed by atoms with E-state index in [9.17, 15) is 43.9 Å². The fourth-order valence-electron chi connectivity index (χ4n) is 5.09. The van der Waals surface area contributed by atoms with Gasteiger partial charge in [0.1, 0.15) is 17.7 Å². The SMILES string of the molecule is COc1cc(F)c(C(C)C)cc1-c1c(I)cc(C(F)(F)F)cc1[C@H]1OCON(Cc2cc(C(F)(F)F)cc(C(F)(F)F)c2)[C@@H]1C. The number of halogens is 11. The van der Waals surface area contributed by atoms with E-state index < -0.39 is 72.1 Å². The molecule has 45 heavy (non-hydrogen) atoms. The molecule has 0 N–H and O–H groups in total. The van der Waals surface area contributed by atoms with Gasteiger partial charge in [-0.05, 0) is 88.5 Å². The van der Waals surface area contributed by atoms with Crippen molar-refractivity contribution in [2.45, 2.75) is 63.9 Å². The number of methoxy groups -OCH3 is 1. The summed E-state index contributed by atoms with van der Waals surface area (Å²) in [6, 6.07) is 4.40. The van der Waals surface area contributed by atoms with E-state index in [0.717, 1.165) is 23.3 Å². The summed E-state index contributed by atoms with van der Waals surface area (Å²) in [6.07, 6.45) is -16.2. The van der Waals surface area contributed by atoms with Gasteiger partial charge in [0.15, 0.2) is 6.79 Å². The molecule has 1 aliphatic rings. The average Bonchev–Trinajstić information content (AvgIpc) is 2.92. The van der Waals surface area contributed by atoms with Gasteiger partial charge in [-0.2, -0.15) is 44.6 Å². The molecular weight excluding hydrogens is 739 g/mol. The van der Waals surface area contributed by atoms with Gasteiger partial charge in [0.05, 0.1) is 29.8 Å². The van der Waals surface area contributed by atoms with Crippen molar-refractivity contribution in [1.29, 1.82) is 0 Å². The molecule has 0 amide bonds. The number of hydrogen-bond acceptors (Lipinski definition) is 4. The van der Waals surface area contributed by atoms with Crippen LogP contribution in [-0.2, 0) is 34.6 Å². The van der Waals surface area contributed by atoms with Crippen molar-refractivity contribution in [1.82, 2.24) is 5.06 Å². The van der Waals surface area contributed by atoms with Crippen LogP contribution in [0, 0.1) is 9.39 Å². The standard InChI is InChI=1S/C30H26F10INO3/c1-14(2)20-10-21(25(43-4)11-23(20)31)26-22(8-19(9-24(26)41)30(38,39)40)27-15(3)42(45-13-44-27)12-16-5-17(28(32,33)34)7-18(6-16)29(35,36)37/h5-11,14-15,27H,12-13H2,1-4H3/t15-,27+/m1/s1. The van der Waals surface area contributed by atoms with Gasteiger partial charge in [-0.15, -0.1) is 0 Å². The summed E-state index contributed by atoms with van der Waals surface area (Å²) >= 11 is 1.71. The minimum atomic E-state index is -5.08. The van der Waals surface area contributed by atoms with Crippen molar-refractivity contribution in [2.24, 2.45) is 0 Å². The fraction of sp³-hybridized carbons (Fsp3) is 0.400. The smallest absolute Gasteiger partial charge is 0.416 e. The van der Waals surface area contributed by atoms with Crippen molar-refractivity contribution < 1.29 is 58.2 Å². The van der Waals surface area contributed by atoms with Crippen LogP contribution in [0.5, 0.6) is 5.75 Å². The predicted octanol–water partition coefficient (Wildman–Crippen LogP) is 10.1. The second kappa shape index (κ2) is 12.9. The van der Waals surface area contributed by atoms with Crippen LogP contribution in [-0.4, -0.2) is 25.0 Å². The first-order chi connectivity index (χ1) is 20.7. The van der Waals surface area contributed by atoms with Crippen molar-refractivity contribution in [3.05, 3.63) is 85.2 Å². The molecule has 2 atom stereocenters. The van der Waals surface area contributed by atoms with E-state index in [-0.39, 0.29) is 43.6 Å². The van der Waals surface area contributed by atoms with Crippen molar-refractivity contribution in [3.8, 4) is 16.9 Å². The van der Waals surface area contributed by atoms with E-state index in [1.807, 2.05) is 0 Å². The maximum atomic E-state index is 14.9. The van der Waals surface area contributed by atoms with E-state index >= 15 is 0 Å². The molecule has 0 aromatic heterocycles. The number of hydrogen-bond donors (Lipinski definition) is 0. The van der Waals surface area contributed by atoms with Gasteiger partial charge in [-0.1, -0.05) is 13.8 Å². The molecule has 0 unspecified atom stereocenters. The largest absolute Gasteiger partial charge is 0.496 e. The minimum absolute atomic E-state index is 0.00570. The highest BCUT2D eigenvalue weighted by Crippen LogP contribution is 2.46. The quantitative estimate of drug-likeness (QED) is 0.185. The lowest BCUT2D eigenvalue weighted by atomic mass is 9.88. The highest BCUT2D eigenvalue weighted by atomic mass is 127. The van der Waals surface area contributed by atoms with Gasteiger partial charge in [-0.25, -0.2) is 4.39 Å². The van der Waals surface area contributed by atoms with Crippen LogP contribution in [0.2, 0.25) is 0 Å². The van der Waals surface area contributed by atoms with Crippen LogP contribution in [0.15, 0.2) is 42.5 Å². The predicted molar refractivity (Wildman–Crippen MR) is 151 cm³/mol. The average molecular weight is 765 g/mol. The van der Waals surface area contributed by atoms with Crippen molar-refractivity contribution in [3.63, 3.8) is 0 Å². The third-order valence-corrected chi connectivity index (χ3v) is 8.16. The van der Waals surface area contributed by atoms with E-state index in [1.54, 1.807) is 36.4 Å². The Labute approximate surface area is 265 Å². The number of nitrogens with zero attached hydrogens (tertiary/aromatic N) is 1. The molecule has 0 aliphatic carbocycles. The monoisotopic (exact) mass is 765 g/mol. The summed E-state index contributed by atoms with van der Waals surface area (Å²) in [4.78, 5) is 5.43. The van der Waals surface area contributed by atoms with Crippen LogP contribution >= 0.6 is 22.6 Å². The third kappa shape index (κ3) is 7.68. The Kier molecular flexibility index (Phi) is 10.1. The minimum Gasteiger partial charge on any atom is -0.496 e. The number of rotatable bonds is 6.